The molecule has 0 aromatic rings. The van der Waals surface area contributed by atoms with Crippen molar-refractivity contribution in [1.82, 2.24) is 4.31 Å². The molecule has 0 saturated carbocycles. The topological polar surface area (TPSA) is 63.4 Å². The summed E-state index contributed by atoms with van der Waals surface area (Å²) in [5.74, 6) is 0. The number of nitrogens with zero attached hydrogens (tertiary/aromatic N) is 1. The molecule has 1 aliphatic heterocycles. The van der Waals surface area contributed by atoms with Gasteiger partial charge in [0.2, 0.25) is 10.0 Å². The molecule has 4 nitrogen and oxygen atoms in total. The summed E-state index contributed by atoms with van der Waals surface area (Å²) in [6, 6.07) is 0.0553. The molecule has 1 heterocycles. The summed E-state index contributed by atoms with van der Waals surface area (Å²) in [6.45, 7) is 0.970. The Kier molecular flexibility index (Phi) is 3.09. The highest BCUT2D eigenvalue weighted by molar-refractivity contribution is 7.88. The lowest BCUT2D eigenvalue weighted by Gasteiger charge is -2.34. The van der Waals surface area contributed by atoms with E-state index in [0.717, 1.165) is 0 Å². The van der Waals surface area contributed by atoms with Crippen LogP contribution in [0.4, 0.5) is 0 Å². The van der Waals surface area contributed by atoms with E-state index in [-0.39, 0.29) is 18.4 Å². The molecule has 0 atom stereocenters. The van der Waals surface area contributed by atoms with Crippen LogP contribution in [0.1, 0.15) is 0 Å². The summed E-state index contributed by atoms with van der Waals surface area (Å²) in [6.07, 6.45) is 1.19. The van der Waals surface area contributed by atoms with E-state index in [1.165, 1.54) is 10.6 Å². The molecule has 1 saturated heterocycles. The van der Waals surface area contributed by atoms with Crippen LogP contribution in [0.25, 0.3) is 0 Å². The zero-order valence-corrected chi connectivity index (χ0v) is 7.28. The van der Waals surface area contributed by atoms with Crippen molar-refractivity contribution in [2.24, 2.45) is 5.73 Å². The molecule has 2 N–H and O–H groups in total. The summed E-state index contributed by atoms with van der Waals surface area (Å²) in [5, 5.41) is 0. The van der Waals surface area contributed by atoms with Crippen LogP contribution in [-0.4, -0.2) is 38.1 Å². The van der Waals surface area contributed by atoms with Gasteiger partial charge in [-0.2, -0.15) is 4.31 Å². The maximum absolute atomic E-state index is 10.6. The Balaban J connectivity index is 0.000000810. The maximum atomic E-state index is 10.6. The molecule has 0 bridgehead atoms. The zero-order chi connectivity index (χ0) is 7.07. The third-order valence-corrected chi connectivity index (χ3v) is 2.58. The fourth-order valence-electron chi connectivity index (χ4n) is 0.740. The Morgan fingerprint density at radius 3 is 2.00 bits per heavy atom. The van der Waals surface area contributed by atoms with Crippen LogP contribution in [0.5, 0.6) is 0 Å². The van der Waals surface area contributed by atoms with Crippen LogP contribution in [0.2, 0.25) is 0 Å². The van der Waals surface area contributed by atoms with E-state index in [1.807, 2.05) is 0 Å². The summed E-state index contributed by atoms with van der Waals surface area (Å²) in [7, 11) is -2.95. The lowest BCUT2D eigenvalue weighted by atomic mass is 10.2. The third kappa shape index (κ3) is 2.09. The number of hydrogen-bond donors (Lipinski definition) is 1. The van der Waals surface area contributed by atoms with Crippen LogP contribution < -0.4 is 5.73 Å². The molecule has 0 amide bonds. The van der Waals surface area contributed by atoms with Gasteiger partial charge in [0, 0.05) is 19.1 Å². The Bertz CT molecular complexity index is 197. The van der Waals surface area contributed by atoms with Gasteiger partial charge in [-0.1, -0.05) is 0 Å². The molecular weight excluding hydrogens is 176 g/mol. The van der Waals surface area contributed by atoms with Gasteiger partial charge >= 0.3 is 0 Å². The van der Waals surface area contributed by atoms with Crippen molar-refractivity contribution in [3.8, 4) is 0 Å². The average Bonchev–Trinajstić information content (AvgIpc) is 1.55. The van der Waals surface area contributed by atoms with Crippen molar-refractivity contribution < 1.29 is 8.42 Å². The molecule has 1 rings (SSSR count). The van der Waals surface area contributed by atoms with Crippen LogP contribution in [0.15, 0.2) is 0 Å². The van der Waals surface area contributed by atoms with Gasteiger partial charge in [-0.15, -0.1) is 12.4 Å². The van der Waals surface area contributed by atoms with E-state index in [2.05, 4.69) is 0 Å². The van der Waals surface area contributed by atoms with Crippen LogP contribution >= 0.6 is 12.4 Å². The predicted octanol–water partition coefficient (Wildman–Crippen LogP) is -0.989. The number of rotatable bonds is 1. The summed E-state index contributed by atoms with van der Waals surface area (Å²) in [5.41, 5.74) is 5.36. The number of hydrogen-bond acceptors (Lipinski definition) is 3. The quantitative estimate of drug-likeness (QED) is 0.572. The lowest BCUT2D eigenvalue weighted by Crippen LogP contribution is -2.57. The second-order valence-electron chi connectivity index (χ2n) is 2.34. The van der Waals surface area contributed by atoms with Gasteiger partial charge in [0.25, 0.3) is 0 Å². The van der Waals surface area contributed by atoms with Gasteiger partial charge in [-0.05, 0) is 0 Å². The molecule has 10 heavy (non-hydrogen) atoms. The minimum atomic E-state index is -2.95. The molecular formula is C4H11ClN2O2S. The zero-order valence-electron chi connectivity index (χ0n) is 5.65. The van der Waals surface area contributed by atoms with Crippen molar-refractivity contribution in [3.05, 3.63) is 0 Å². The van der Waals surface area contributed by atoms with E-state index in [1.54, 1.807) is 0 Å². The largest absolute Gasteiger partial charge is 0.325 e. The first-order valence-corrected chi connectivity index (χ1v) is 4.55. The molecule has 0 radical (unpaired) electrons. The lowest BCUT2D eigenvalue weighted by molar-refractivity contribution is 0.267. The molecule has 0 spiro atoms. The predicted molar refractivity (Wildman–Crippen MR) is 41.6 cm³/mol. The standard InChI is InChI=1S/C4H10N2O2S.ClH/c1-9(7,8)6-2-4(5)3-6;/h4H,2-3,5H2,1H3;1H. The molecule has 62 valence electrons. The fourth-order valence-corrected chi connectivity index (χ4v) is 1.66. The van der Waals surface area contributed by atoms with Crippen molar-refractivity contribution in [3.63, 3.8) is 0 Å². The summed E-state index contributed by atoms with van der Waals surface area (Å²) < 4.78 is 22.6. The maximum Gasteiger partial charge on any atom is 0.211 e. The summed E-state index contributed by atoms with van der Waals surface area (Å²) in [4.78, 5) is 0. The van der Waals surface area contributed by atoms with E-state index >= 15 is 0 Å². The average molecular weight is 187 g/mol. The summed E-state index contributed by atoms with van der Waals surface area (Å²) >= 11 is 0. The van der Waals surface area contributed by atoms with Gasteiger partial charge in [0.15, 0.2) is 0 Å². The van der Waals surface area contributed by atoms with Gasteiger partial charge < -0.3 is 5.73 Å². The Morgan fingerprint density at radius 1 is 1.50 bits per heavy atom. The molecule has 6 heteroatoms. The van der Waals surface area contributed by atoms with Crippen molar-refractivity contribution in [1.29, 1.82) is 0 Å². The minimum Gasteiger partial charge on any atom is -0.325 e. The van der Waals surface area contributed by atoms with E-state index in [4.69, 9.17) is 5.73 Å². The second-order valence-corrected chi connectivity index (χ2v) is 4.32. The number of sulfonamides is 1. The van der Waals surface area contributed by atoms with Gasteiger partial charge in [-0.3, -0.25) is 0 Å². The van der Waals surface area contributed by atoms with E-state index in [9.17, 15) is 8.42 Å². The highest BCUT2D eigenvalue weighted by Crippen LogP contribution is 2.08. The molecule has 0 aromatic carbocycles. The van der Waals surface area contributed by atoms with Crippen LogP contribution in [-0.2, 0) is 10.0 Å². The fraction of sp³-hybridized carbons (Fsp3) is 1.00. The first-order chi connectivity index (χ1) is 4.00. The van der Waals surface area contributed by atoms with E-state index < -0.39 is 10.0 Å². The smallest absolute Gasteiger partial charge is 0.211 e. The van der Waals surface area contributed by atoms with Gasteiger partial charge in [0.1, 0.15) is 0 Å². The third-order valence-electron chi connectivity index (χ3n) is 1.35. The van der Waals surface area contributed by atoms with Crippen molar-refractivity contribution in [2.75, 3.05) is 19.3 Å². The van der Waals surface area contributed by atoms with E-state index in [0.29, 0.717) is 13.1 Å². The number of halogens is 1. The van der Waals surface area contributed by atoms with Crippen LogP contribution in [0.3, 0.4) is 0 Å². The Hall–Kier alpha value is 0.160. The van der Waals surface area contributed by atoms with Gasteiger partial charge in [-0.25, -0.2) is 8.42 Å². The Morgan fingerprint density at radius 2 is 1.90 bits per heavy atom. The minimum absolute atomic E-state index is 0. The van der Waals surface area contributed by atoms with Crippen molar-refractivity contribution >= 4 is 22.4 Å². The highest BCUT2D eigenvalue weighted by Gasteiger charge is 2.29. The second kappa shape index (κ2) is 3.04. The first-order valence-electron chi connectivity index (χ1n) is 2.71. The Labute approximate surface area is 66.8 Å². The SMILES string of the molecule is CS(=O)(=O)N1CC(N)C1.Cl. The van der Waals surface area contributed by atoms with Gasteiger partial charge in [0.05, 0.1) is 6.26 Å². The first kappa shape index (κ1) is 10.2. The number of nitrogens with two attached hydrogens (primary N) is 1. The highest BCUT2D eigenvalue weighted by atomic mass is 35.5. The molecule has 0 unspecified atom stereocenters. The molecule has 0 aromatic heterocycles. The monoisotopic (exact) mass is 186 g/mol. The van der Waals surface area contributed by atoms with Crippen LogP contribution in [0, 0.1) is 0 Å². The van der Waals surface area contributed by atoms with Crippen molar-refractivity contribution in [2.45, 2.75) is 6.04 Å². The molecule has 1 aliphatic rings. The normalized spacial score (nSPS) is 21.4. The molecule has 0 aliphatic carbocycles. The molecule has 1 fully saturated rings.